The van der Waals surface area contributed by atoms with Crippen LogP contribution in [0.25, 0.3) is 0 Å². The van der Waals surface area contributed by atoms with Crippen LogP contribution in [0.2, 0.25) is 0 Å². The summed E-state index contributed by atoms with van der Waals surface area (Å²) in [5.74, 6) is 0.489. The number of piperazine rings is 1. The first-order valence-electron chi connectivity index (χ1n) is 7.61. The lowest BCUT2D eigenvalue weighted by Gasteiger charge is -2.36. The van der Waals surface area contributed by atoms with E-state index >= 15 is 0 Å². The van der Waals surface area contributed by atoms with Crippen LogP contribution < -0.4 is 0 Å². The fraction of sp³-hybridized carbons (Fsp3) is 0.714. The summed E-state index contributed by atoms with van der Waals surface area (Å²) in [6, 6.07) is 0. The van der Waals surface area contributed by atoms with Crippen LogP contribution >= 0.6 is 11.5 Å². The average molecular weight is 308 g/mol. The summed E-state index contributed by atoms with van der Waals surface area (Å²) in [6.45, 7) is 2.50. The van der Waals surface area contributed by atoms with E-state index in [-0.39, 0.29) is 11.8 Å². The van der Waals surface area contributed by atoms with E-state index in [0.29, 0.717) is 37.0 Å². The van der Waals surface area contributed by atoms with Gasteiger partial charge < -0.3 is 9.80 Å². The number of nitrogens with zero attached hydrogens (tertiary/aromatic N) is 4. The van der Waals surface area contributed by atoms with Crippen LogP contribution in [0.15, 0.2) is 6.20 Å². The molecule has 1 aliphatic heterocycles. The molecule has 1 aromatic rings. The van der Waals surface area contributed by atoms with Crippen molar-refractivity contribution in [2.75, 3.05) is 26.2 Å². The van der Waals surface area contributed by atoms with Crippen molar-refractivity contribution in [1.29, 1.82) is 0 Å². The van der Waals surface area contributed by atoms with Crippen molar-refractivity contribution in [3.63, 3.8) is 0 Å². The van der Waals surface area contributed by atoms with Crippen molar-refractivity contribution in [3.8, 4) is 0 Å². The number of carbonyl (C=O) groups excluding carboxylic acids is 2. The van der Waals surface area contributed by atoms with E-state index in [9.17, 15) is 9.59 Å². The number of amides is 2. The van der Waals surface area contributed by atoms with E-state index < -0.39 is 0 Å². The van der Waals surface area contributed by atoms with Gasteiger partial charge in [-0.1, -0.05) is 23.8 Å². The number of hydrogen-bond acceptors (Lipinski definition) is 5. The number of aromatic nitrogens is 2. The molecule has 2 aliphatic rings. The molecule has 0 unspecified atom stereocenters. The van der Waals surface area contributed by atoms with Crippen molar-refractivity contribution in [2.45, 2.75) is 32.1 Å². The number of hydrogen-bond donors (Lipinski definition) is 0. The van der Waals surface area contributed by atoms with E-state index in [1.807, 2.05) is 4.90 Å². The smallest absolute Gasteiger partial charge is 0.267 e. The average Bonchev–Trinajstić information content (AvgIpc) is 3.09. The maximum Gasteiger partial charge on any atom is 0.267 e. The van der Waals surface area contributed by atoms with E-state index in [4.69, 9.17) is 0 Å². The Morgan fingerprint density at radius 2 is 1.71 bits per heavy atom. The van der Waals surface area contributed by atoms with Gasteiger partial charge in [0.2, 0.25) is 5.91 Å². The maximum absolute atomic E-state index is 12.5. The molecule has 0 bridgehead atoms. The molecule has 2 heterocycles. The summed E-state index contributed by atoms with van der Waals surface area (Å²) in [5.41, 5.74) is 0. The van der Waals surface area contributed by atoms with Gasteiger partial charge in [-0.2, -0.15) is 0 Å². The third-order valence-electron chi connectivity index (χ3n) is 4.41. The lowest BCUT2D eigenvalue weighted by molar-refractivity contribution is -0.138. The van der Waals surface area contributed by atoms with Gasteiger partial charge in [-0.25, -0.2) is 0 Å². The normalized spacial score (nSPS) is 20.6. The van der Waals surface area contributed by atoms with Crippen LogP contribution in [-0.4, -0.2) is 57.4 Å². The standard InChI is InChI=1S/C14H20N4O2S/c19-13(11-4-2-1-3-5-11)17-6-8-18(9-7-17)14(20)12-10-15-16-21-12/h10-11H,1-9H2. The largest absolute Gasteiger partial charge is 0.339 e. The first-order valence-corrected chi connectivity index (χ1v) is 8.38. The minimum absolute atomic E-state index is 0.0187. The van der Waals surface area contributed by atoms with Gasteiger partial charge in [0.25, 0.3) is 5.91 Å². The molecule has 1 aliphatic carbocycles. The molecule has 2 amide bonds. The molecule has 3 rings (SSSR count). The van der Waals surface area contributed by atoms with E-state index in [0.717, 1.165) is 24.4 Å². The molecule has 6 nitrogen and oxygen atoms in total. The fourth-order valence-corrected chi connectivity index (χ4v) is 3.64. The summed E-state index contributed by atoms with van der Waals surface area (Å²) in [7, 11) is 0. The summed E-state index contributed by atoms with van der Waals surface area (Å²) in [6.07, 6.45) is 7.18. The predicted molar refractivity (Wildman–Crippen MR) is 79.0 cm³/mol. The van der Waals surface area contributed by atoms with Gasteiger partial charge in [-0.15, -0.1) is 5.10 Å². The minimum atomic E-state index is -0.0187. The third-order valence-corrected chi connectivity index (χ3v) is 5.06. The van der Waals surface area contributed by atoms with Crippen LogP contribution in [0, 0.1) is 5.92 Å². The van der Waals surface area contributed by atoms with E-state index in [1.54, 1.807) is 4.90 Å². The Kier molecular flexibility index (Phi) is 4.48. The van der Waals surface area contributed by atoms with Crippen LogP contribution in [0.1, 0.15) is 41.8 Å². The summed E-state index contributed by atoms with van der Waals surface area (Å²) >= 11 is 1.12. The fourth-order valence-electron chi connectivity index (χ4n) is 3.15. The summed E-state index contributed by atoms with van der Waals surface area (Å²) in [4.78, 5) is 29.0. The third kappa shape index (κ3) is 3.23. The predicted octanol–water partition coefficient (Wildman–Crippen LogP) is 1.40. The Balaban J connectivity index is 1.52. The second-order valence-electron chi connectivity index (χ2n) is 5.73. The minimum Gasteiger partial charge on any atom is -0.339 e. The molecule has 1 aromatic heterocycles. The quantitative estimate of drug-likeness (QED) is 0.828. The van der Waals surface area contributed by atoms with Crippen LogP contribution in [0.5, 0.6) is 0 Å². The monoisotopic (exact) mass is 308 g/mol. The lowest BCUT2D eigenvalue weighted by Crippen LogP contribution is -2.52. The van der Waals surface area contributed by atoms with Gasteiger partial charge >= 0.3 is 0 Å². The Bertz CT molecular complexity index is 491. The molecule has 2 fully saturated rings. The van der Waals surface area contributed by atoms with Gasteiger partial charge in [0.05, 0.1) is 6.20 Å². The molecule has 0 spiro atoms. The molecular formula is C14H20N4O2S. The molecule has 0 aromatic carbocycles. The highest BCUT2D eigenvalue weighted by Gasteiger charge is 2.30. The zero-order valence-electron chi connectivity index (χ0n) is 12.0. The second-order valence-corrected chi connectivity index (χ2v) is 6.52. The zero-order chi connectivity index (χ0) is 14.7. The van der Waals surface area contributed by atoms with Crippen molar-refractivity contribution in [2.24, 2.45) is 5.92 Å². The Hall–Kier alpha value is -1.50. The Morgan fingerprint density at radius 1 is 1.05 bits per heavy atom. The lowest BCUT2D eigenvalue weighted by atomic mass is 9.88. The summed E-state index contributed by atoms with van der Waals surface area (Å²) in [5, 5.41) is 3.70. The number of carbonyl (C=O) groups is 2. The van der Waals surface area contributed by atoms with Gasteiger partial charge in [0.1, 0.15) is 4.88 Å². The second kappa shape index (κ2) is 6.51. The Morgan fingerprint density at radius 3 is 2.33 bits per heavy atom. The van der Waals surface area contributed by atoms with Crippen molar-refractivity contribution in [1.82, 2.24) is 19.4 Å². The van der Waals surface area contributed by atoms with E-state index in [2.05, 4.69) is 9.59 Å². The van der Waals surface area contributed by atoms with Crippen LogP contribution in [-0.2, 0) is 4.79 Å². The summed E-state index contributed by atoms with van der Waals surface area (Å²) < 4.78 is 3.72. The van der Waals surface area contributed by atoms with Crippen LogP contribution in [0.4, 0.5) is 0 Å². The first-order chi connectivity index (χ1) is 10.3. The molecule has 21 heavy (non-hydrogen) atoms. The Labute approximate surface area is 128 Å². The first kappa shape index (κ1) is 14.4. The van der Waals surface area contributed by atoms with Gasteiger partial charge in [-0.3, -0.25) is 9.59 Å². The zero-order valence-corrected chi connectivity index (χ0v) is 12.8. The molecule has 0 N–H and O–H groups in total. The van der Waals surface area contributed by atoms with Gasteiger partial charge in [0.15, 0.2) is 0 Å². The molecular weight excluding hydrogens is 288 g/mol. The number of rotatable bonds is 2. The van der Waals surface area contributed by atoms with Gasteiger partial charge in [-0.05, 0) is 24.4 Å². The highest BCUT2D eigenvalue weighted by atomic mass is 32.1. The molecule has 114 valence electrons. The highest BCUT2D eigenvalue weighted by Crippen LogP contribution is 2.26. The topological polar surface area (TPSA) is 66.4 Å². The maximum atomic E-state index is 12.5. The molecule has 0 atom stereocenters. The van der Waals surface area contributed by atoms with Gasteiger partial charge in [0, 0.05) is 32.1 Å². The van der Waals surface area contributed by atoms with Crippen molar-refractivity contribution >= 4 is 23.3 Å². The SMILES string of the molecule is O=C(c1cnns1)N1CCN(C(=O)C2CCCCC2)CC1. The molecule has 7 heteroatoms. The van der Waals surface area contributed by atoms with Crippen LogP contribution in [0.3, 0.4) is 0 Å². The molecule has 1 saturated heterocycles. The van der Waals surface area contributed by atoms with Crippen molar-refractivity contribution in [3.05, 3.63) is 11.1 Å². The molecule has 0 radical (unpaired) electrons. The van der Waals surface area contributed by atoms with E-state index in [1.165, 1.54) is 25.5 Å². The van der Waals surface area contributed by atoms with Crippen molar-refractivity contribution < 1.29 is 9.59 Å². The molecule has 1 saturated carbocycles. The highest BCUT2D eigenvalue weighted by molar-refractivity contribution is 7.07.